The van der Waals surface area contributed by atoms with Gasteiger partial charge < -0.3 is 9.84 Å². The van der Waals surface area contributed by atoms with Gasteiger partial charge in [-0.15, -0.1) is 11.3 Å². The Morgan fingerprint density at radius 3 is 2.47 bits per heavy atom. The molecule has 78 valence electrons. The number of hydrogen-bond donors (Lipinski definition) is 1. The smallest absolute Gasteiger partial charge is 0.118 e. The average molecular weight is 220 g/mol. The molecule has 0 saturated carbocycles. The van der Waals surface area contributed by atoms with E-state index in [1.807, 2.05) is 41.8 Å². The van der Waals surface area contributed by atoms with Gasteiger partial charge in [-0.05, 0) is 29.1 Å². The maximum atomic E-state index is 10.0. The van der Waals surface area contributed by atoms with Crippen LogP contribution in [-0.4, -0.2) is 12.2 Å². The predicted octanol–water partition coefficient (Wildman–Crippen LogP) is 2.84. The molecule has 1 aromatic carbocycles. The van der Waals surface area contributed by atoms with Crippen molar-refractivity contribution in [3.8, 4) is 5.75 Å². The van der Waals surface area contributed by atoms with Crippen LogP contribution in [0.2, 0.25) is 0 Å². The van der Waals surface area contributed by atoms with Gasteiger partial charge in [0.2, 0.25) is 0 Å². The Kier molecular flexibility index (Phi) is 3.04. The fourth-order valence-electron chi connectivity index (χ4n) is 1.40. The van der Waals surface area contributed by atoms with E-state index in [0.29, 0.717) is 0 Å². The van der Waals surface area contributed by atoms with E-state index in [-0.39, 0.29) is 0 Å². The first-order valence-corrected chi connectivity index (χ1v) is 5.54. The van der Waals surface area contributed by atoms with Gasteiger partial charge >= 0.3 is 0 Å². The first kappa shape index (κ1) is 10.2. The number of benzene rings is 1. The van der Waals surface area contributed by atoms with Gasteiger partial charge in [0.1, 0.15) is 11.9 Å². The summed E-state index contributed by atoms with van der Waals surface area (Å²) in [6.45, 7) is 0. The highest BCUT2D eigenvalue weighted by molar-refractivity contribution is 7.10. The van der Waals surface area contributed by atoms with Crippen LogP contribution in [0.25, 0.3) is 0 Å². The number of ether oxygens (including phenoxy) is 1. The summed E-state index contributed by atoms with van der Waals surface area (Å²) in [4.78, 5) is 0.958. The number of thiophene rings is 1. The van der Waals surface area contributed by atoms with Crippen molar-refractivity contribution in [3.63, 3.8) is 0 Å². The summed E-state index contributed by atoms with van der Waals surface area (Å²) in [7, 11) is 1.63. The fourth-order valence-corrected chi connectivity index (χ4v) is 2.13. The van der Waals surface area contributed by atoms with Crippen LogP contribution in [0.15, 0.2) is 41.8 Å². The molecule has 1 aromatic heterocycles. The van der Waals surface area contributed by atoms with Crippen molar-refractivity contribution >= 4 is 11.3 Å². The van der Waals surface area contributed by atoms with Gasteiger partial charge in [0, 0.05) is 4.88 Å². The Hall–Kier alpha value is -1.32. The van der Waals surface area contributed by atoms with Crippen LogP contribution in [0.1, 0.15) is 16.5 Å². The molecule has 2 aromatic rings. The number of aliphatic hydroxyl groups excluding tert-OH is 1. The summed E-state index contributed by atoms with van der Waals surface area (Å²) in [6, 6.07) is 11.3. The molecule has 15 heavy (non-hydrogen) atoms. The van der Waals surface area contributed by atoms with Crippen molar-refractivity contribution < 1.29 is 9.84 Å². The van der Waals surface area contributed by atoms with Crippen LogP contribution >= 0.6 is 11.3 Å². The van der Waals surface area contributed by atoms with Crippen LogP contribution in [0.3, 0.4) is 0 Å². The molecule has 0 aliphatic rings. The molecule has 1 N–H and O–H groups in total. The molecule has 2 rings (SSSR count). The molecule has 1 atom stereocenters. The minimum atomic E-state index is -0.532. The number of rotatable bonds is 3. The highest BCUT2D eigenvalue weighted by Gasteiger charge is 2.10. The summed E-state index contributed by atoms with van der Waals surface area (Å²) < 4.78 is 5.06. The van der Waals surface area contributed by atoms with E-state index in [4.69, 9.17) is 4.74 Å². The molecular weight excluding hydrogens is 208 g/mol. The number of hydrogen-bond acceptors (Lipinski definition) is 3. The van der Waals surface area contributed by atoms with Crippen molar-refractivity contribution in [1.29, 1.82) is 0 Å². The molecule has 0 aliphatic carbocycles. The molecule has 0 aliphatic heterocycles. The highest BCUT2D eigenvalue weighted by atomic mass is 32.1. The average Bonchev–Trinajstić information content (AvgIpc) is 2.82. The van der Waals surface area contributed by atoms with Crippen molar-refractivity contribution in [2.24, 2.45) is 0 Å². The Bertz CT molecular complexity index is 406. The quantitative estimate of drug-likeness (QED) is 0.861. The maximum absolute atomic E-state index is 10.0. The number of aliphatic hydroxyl groups is 1. The minimum Gasteiger partial charge on any atom is -0.497 e. The normalized spacial score (nSPS) is 12.4. The van der Waals surface area contributed by atoms with E-state index < -0.39 is 6.10 Å². The Balaban J connectivity index is 2.22. The van der Waals surface area contributed by atoms with Crippen molar-refractivity contribution in [2.75, 3.05) is 7.11 Å². The zero-order valence-corrected chi connectivity index (χ0v) is 9.20. The fraction of sp³-hybridized carbons (Fsp3) is 0.167. The monoisotopic (exact) mass is 220 g/mol. The van der Waals surface area contributed by atoms with Crippen LogP contribution in [0.4, 0.5) is 0 Å². The highest BCUT2D eigenvalue weighted by Crippen LogP contribution is 2.26. The SMILES string of the molecule is COc1ccc([C@H](O)c2cccs2)cc1. The van der Waals surface area contributed by atoms with Gasteiger partial charge in [-0.1, -0.05) is 18.2 Å². The van der Waals surface area contributed by atoms with Gasteiger partial charge in [0.25, 0.3) is 0 Å². The molecule has 3 heteroatoms. The third kappa shape index (κ3) is 2.19. The lowest BCUT2D eigenvalue weighted by Gasteiger charge is -2.09. The molecular formula is C12H12O2S. The molecule has 0 amide bonds. The lowest BCUT2D eigenvalue weighted by Crippen LogP contribution is -1.96. The first-order valence-electron chi connectivity index (χ1n) is 4.66. The van der Waals surface area contributed by atoms with Crippen LogP contribution in [0, 0.1) is 0 Å². The van der Waals surface area contributed by atoms with Crippen LogP contribution < -0.4 is 4.74 Å². The standard InChI is InChI=1S/C12H12O2S/c1-14-10-6-4-9(5-7-10)12(13)11-3-2-8-15-11/h2-8,12-13H,1H3/t12-/m0/s1. The third-order valence-electron chi connectivity index (χ3n) is 2.24. The van der Waals surface area contributed by atoms with Gasteiger partial charge in [0.05, 0.1) is 7.11 Å². The molecule has 0 radical (unpaired) electrons. The molecule has 2 nitrogen and oxygen atoms in total. The van der Waals surface area contributed by atoms with Gasteiger partial charge in [-0.3, -0.25) is 0 Å². The number of methoxy groups -OCH3 is 1. The van der Waals surface area contributed by atoms with Crippen LogP contribution in [-0.2, 0) is 0 Å². The largest absolute Gasteiger partial charge is 0.497 e. The molecule has 0 saturated heterocycles. The van der Waals surface area contributed by atoms with E-state index >= 15 is 0 Å². The van der Waals surface area contributed by atoms with E-state index in [1.165, 1.54) is 0 Å². The zero-order valence-electron chi connectivity index (χ0n) is 8.38. The summed E-state index contributed by atoms with van der Waals surface area (Å²) in [5, 5.41) is 12.0. The molecule has 0 spiro atoms. The first-order chi connectivity index (χ1) is 7.31. The summed E-state index contributed by atoms with van der Waals surface area (Å²) in [5.41, 5.74) is 0.887. The van der Waals surface area contributed by atoms with Gasteiger partial charge in [-0.2, -0.15) is 0 Å². The summed E-state index contributed by atoms with van der Waals surface area (Å²) in [5.74, 6) is 0.803. The van der Waals surface area contributed by atoms with E-state index in [9.17, 15) is 5.11 Å². The van der Waals surface area contributed by atoms with E-state index in [0.717, 1.165) is 16.2 Å². The second-order valence-electron chi connectivity index (χ2n) is 3.19. The molecule has 0 fully saturated rings. The van der Waals surface area contributed by atoms with Crippen molar-refractivity contribution in [1.82, 2.24) is 0 Å². The lowest BCUT2D eigenvalue weighted by molar-refractivity contribution is 0.224. The van der Waals surface area contributed by atoms with E-state index in [2.05, 4.69) is 0 Å². The van der Waals surface area contributed by atoms with E-state index in [1.54, 1.807) is 18.4 Å². The molecule has 0 unspecified atom stereocenters. The van der Waals surface area contributed by atoms with Crippen LogP contribution in [0.5, 0.6) is 5.75 Å². The van der Waals surface area contributed by atoms with Gasteiger partial charge in [0.15, 0.2) is 0 Å². The Morgan fingerprint density at radius 1 is 1.20 bits per heavy atom. The Morgan fingerprint density at radius 2 is 1.93 bits per heavy atom. The lowest BCUT2D eigenvalue weighted by atomic mass is 10.1. The summed E-state index contributed by atoms with van der Waals surface area (Å²) in [6.07, 6.45) is -0.532. The minimum absolute atomic E-state index is 0.532. The zero-order chi connectivity index (χ0) is 10.7. The predicted molar refractivity (Wildman–Crippen MR) is 61.4 cm³/mol. The topological polar surface area (TPSA) is 29.5 Å². The molecule has 1 heterocycles. The van der Waals surface area contributed by atoms with Crippen molar-refractivity contribution in [3.05, 3.63) is 52.2 Å². The van der Waals surface area contributed by atoms with Gasteiger partial charge in [-0.25, -0.2) is 0 Å². The molecule has 0 bridgehead atoms. The third-order valence-corrected chi connectivity index (χ3v) is 3.17. The Labute approximate surface area is 92.8 Å². The summed E-state index contributed by atoms with van der Waals surface area (Å²) >= 11 is 1.55. The van der Waals surface area contributed by atoms with Crippen molar-refractivity contribution in [2.45, 2.75) is 6.10 Å². The second-order valence-corrected chi connectivity index (χ2v) is 4.17. The second kappa shape index (κ2) is 4.47. The maximum Gasteiger partial charge on any atom is 0.118 e.